The molecule has 1 rings (SSSR count). The van der Waals surface area contributed by atoms with Crippen LogP contribution in [0, 0.1) is 12.8 Å². The van der Waals surface area contributed by atoms with Gasteiger partial charge in [0.25, 0.3) is 0 Å². The average molecular weight is 315 g/mol. The lowest BCUT2D eigenvalue weighted by Gasteiger charge is -2.13. The normalized spacial score (nSPS) is 11.9. The van der Waals surface area contributed by atoms with E-state index in [9.17, 15) is 4.79 Å². The highest BCUT2D eigenvalue weighted by Crippen LogP contribution is 2.20. The highest BCUT2D eigenvalue weighted by Gasteiger charge is 2.19. The molecule has 1 unspecified atom stereocenters. The Labute approximate surface area is 115 Å². The number of aryl methyl sites for hydroxylation is 1. The average Bonchev–Trinajstić information content (AvgIpc) is 2.24. The van der Waals surface area contributed by atoms with Gasteiger partial charge in [0.15, 0.2) is 0 Å². The van der Waals surface area contributed by atoms with Gasteiger partial charge in [0.05, 0.1) is 10.9 Å². The van der Waals surface area contributed by atoms with Crippen LogP contribution in [-0.2, 0) is 4.79 Å². The van der Waals surface area contributed by atoms with Crippen LogP contribution in [0.15, 0.2) is 22.7 Å². The van der Waals surface area contributed by atoms with Crippen LogP contribution in [0.2, 0.25) is 0 Å². The maximum Gasteiger partial charge on any atom is 0.234 e. The second-order valence-electron chi connectivity index (χ2n) is 3.82. The number of halogens is 1. The third-order valence-corrected chi connectivity index (χ3v) is 3.67. The van der Waals surface area contributed by atoms with Gasteiger partial charge in [-0.3, -0.25) is 4.79 Å². The zero-order valence-corrected chi connectivity index (χ0v) is 12.2. The van der Waals surface area contributed by atoms with E-state index < -0.39 is 5.92 Å². The van der Waals surface area contributed by atoms with E-state index in [1.807, 2.05) is 32.0 Å². The fourth-order valence-electron chi connectivity index (χ4n) is 1.47. The molecule has 1 amide bonds. The maximum absolute atomic E-state index is 11.9. The highest BCUT2D eigenvalue weighted by molar-refractivity contribution is 9.10. The van der Waals surface area contributed by atoms with Crippen LogP contribution in [-0.4, -0.2) is 10.9 Å². The van der Waals surface area contributed by atoms with E-state index in [0.717, 1.165) is 15.7 Å². The Morgan fingerprint density at radius 2 is 2.24 bits per heavy atom. The summed E-state index contributed by atoms with van der Waals surface area (Å²) in [5.41, 5.74) is 7.34. The van der Waals surface area contributed by atoms with E-state index in [0.29, 0.717) is 6.42 Å². The second-order valence-corrected chi connectivity index (χ2v) is 5.14. The molecule has 3 N–H and O–H groups in total. The summed E-state index contributed by atoms with van der Waals surface area (Å²) in [4.78, 5) is 12.1. The Morgan fingerprint density at radius 1 is 1.59 bits per heavy atom. The van der Waals surface area contributed by atoms with Crippen LogP contribution in [0.4, 0.5) is 5.69 Å². The van der Waals surface area contributed by atoms with Gasteiger partial charge < -0.3 is 11.1 Å². The Morgan fingerprint density at radius 3 is 2.71 bits per heavy atom. The Kier molecular flexibility index (Phi) is 5.08. The molecular weight excluding hydrogens is 300 g/mol. The van der Waals surface area contributed by atoms with Crippen LogP contribution in [0.3, 0.4) is 0 Å². The number of hydrogen-bond acceptors (Lipinski definition) is 2. The minimum atomic E-state index is -0.408. The number of hydrogen-bond donors (Lipinski definition) is 2. The van der Waals surface area contributed by atoms with E-state index >= 15 is 0 Å². The molecule has 0 saturated carbocycles. The van der Waals surface area contributed by atoms with Crippen LogP contribution in [0.25, 0.3) is 0 Å². The van der Waals surface area contributed by atoms with Crippen molar-refractivity contribution < 1.29 is 4.79 Å². The molecule has 0 radical (unpaired) electrons. The van der Waals surface area contributed by atoms with Crippen LogP contribution >= 0.6 is 28.1 Å². The third-order valence-electron chi connectivity index (χ3n) is 2.49. The van der Waals surface area contributed by atoms with Crippen molar-refractivity contribution >= 4 is 44.7 Å². The van der Waals surface area contributed by atoms with E-state index in [2.05, 4.69) is 21.2 Å². The Balaban J connectivity index is 2.80. The summed E-state index contributed by atoms with van der Waals surface area (Å²) in [6.07, 6.45) is 0.608. The molecule has 0 fully saturated rings. The zero-order valence-electron chi connectivity index (χ0n) is 9.79. The van der Waals surface area contributed by atoms with Crippen molar-refractivity contribution in [3.05, 3.63) is 28.2 Å². The van der Waals surface area contributed by atoms with Crippen molar-refractivity contribution in [2.45, 2.75) is 20.3 Å². The van der Waals surface area contributed by atoms with Crippen molar-refractivity contribution in [3.63, 3.8) is 0 Å². The van der Waals surface area contributed by atoms with Crippen molar-refractivity contribution in [3.8, 4) is 0 Å². The van der Waals surface area contributed by atoms with Gasteiger partial charge in [0.1, 0.15) is 0 Å². The molecule has 0 aliphatic rings. The molecule has 0 bridgehead atoms. The molecule has 5 heteroatoms. The van der Waals surface area contributed by atoms with Gasteiger partial charge in [-0.05, 0) is 37.1 Å². The minimum absolute atomic E-state index is 0.151. The predicted molar refractivity (Wildman–Crippen MR) is 78.1 cm³/mol. The number of carbonyl (C=O) groups excluding carboxylic acids is 1. The van der Waals surface area contributed by atoms with Gasteiger partial charge >= 0.3 is 0 Å². The van der Waals surface area contributed by atoms with E-state index in [-0.39, 0.29) is 10.9 Å². The molecule has 17 heavy (non-hydrogen) atoms. The largest absolute Gasteiger partial charge is 0.393 e. The molecule has 0 spiro atoms. The first-order valence-electron chi connectivity index (χ1n) is 5.32. The smallest absolute Gasteiger partial charge is 0.234 e. The number of amides is 1. The van der Waals surface area contributed by atoms with Gasteiger partial charge in [0, 0.05) is 10.2 Å². The molecule has 0 aliphatic heterocycles. The number of nitrogens with one attached hydrogen (secondary N) is 1. The van der Waals surface area contributed by atoms with Crippen LogP contribution in [0.5, 0.6) is 0 Å². The summed E-state index contributed by atoms with van der Waals surface area (Å²) in [5.74, 6) is -0.560. The summed E-state index contributed by atoms with van der Waals surface area (Å²) in [6.45, 7) is 3.85. The van der Waals surface area contributed by atoms with Gasteiger partial charge in [-0.15, -0.1) is 0 Å². The number of thiocarbonyl (C=S) groups is 1. The monoisotopic (exact) mass is 314 g/mol. The number of benzene rings is 1. The SMILES string of the molecule is CCC(C(=O)Nc1ccc(Br)c(C)c1)C(N)=S. The molecule has 3 nitrogen and oxygen atoms in total. The molecule has 0 aliphatic carbocycles. The quantitative estimate of drug-likeness (QED) is 0.840. The van der Waals surface area contributed by atoms with E-state index in [4.69, 9.17) is 18.0 Å². The maximum atomic E-state index is 11.9. The standard InChI is InChI=1S/C12H15BrN2OS/c1-3-9(11(14)17)12(16)15-8-4-5-10(13)7(2)6-8/h4-6,9H,3H2,1-2H3,(H2,14,17)(H,15,16). The molecule has 0 saturated heterocycles. The Hall–Kier alpha value is -0.940. The lowest BCUT2D eigenvalue weighted by atomic mass is 10.1. The fraction of sp³-hybridized carbons (Fsp3) is 0.333. The summed E-state index contributed by atoms with van der Waals surface area (Å²) >= 11 is 8.27. The molecule has 0 heterocycles. The summed E-state index contributed by atoms with van der Waals surface area (Å²) in [5, 5.41) is 2.82. The molecule has 92 valence electrons. The van der Waals surface area contributed by atoms with Gasteiger partial charge in [-0.1, -0.05) is 35.1 Å². The predicted octanol–water partition coefficient (Wildman–Crippen LogP) is 3.01. The summed E-state index contributed by atoms with van der Waals surface area (Å²) in [7, 11) is 0. The first-order chi connectivity index (χ1) is 7.95. The van der Waals surface area contributed by atoms with E-state index in [1.165, 1.54) is 0 Å². The van der Waals surface area contributed by atoms with Crippen LogP contribution < -0.4 is 11.1 Å². The summed E-state index contributed by atoms with van der Waals surface area (Å²) in [6, 6.07) is 5.63. The molecule has 1 atom stereocenters. The topological polar surface area (TPSA) is 55.1 Å². The first kappa shape index (κ1) is 14.1. The number of anilines is 1. The number of rotatable bonds is 4. The lowest BCUT2D eigenvalue weighted by Crippen LogP contribution is -2.32. The molecule has 1 aromatic carbocycles. The Bertz CT molecular complexity index is 448. The number of carbonyl (C=O) groups is 1. The zero-order chi connectivity index (χ0) is 13.0. The summed E-state index contributed by atoms with van der Waals surface area (Å²) < 4.78 is 1.01. The van der Waals surface area contributed by atoms with Crippen molar-refractivity contribution in [2.75, 3.05) is 5.32 Å². The lowest BCUT2D eigenvalue weighted by molar-refractivity contribution is -0.118. The number of nitrogens with two attached hydrogens (primary N) is 1. The molecule has 1 aromatic rings. The van der Waals surface area contributed by atoms with Gasteiger partial charge in [0.2, 0.25) is 5.91 Å². The van der Waals surface area contributed by atoms with Gasteiger partial charge in [-0.2, -0.15) is 0 Å². The van der Waals surface area contributed by atoms with Crippen molar-refractivity contribution in [1.82, 2.24) is 0 Å². The molecule has 0 aromatic heterocycles. The minimum Gasteiger partial charge on any atom is -0.393 e. The first-order valence-corrected chi connectivity index (χ1v) is 6.52. The van der Waals surface area contributed by atoms with Crippen molar-refractivity contribution in [2.24, 2.45) is 11.7 Å². The molecular formula is C12H15BrN2OS. The van der Waals surface area contributed by atoms with Crippen molar-refractivity contribution in [1.29, 1.82) is 0 Å². The third kappa shape index (κ3) is 3.78. The van der Waals surface area contributed by atoms with Gasteiger partial charge in [-0.25, -0.2) is 0 Å². The van der Waals surface area contributed by atoms with E-state index in [1.54, 1.807) is 0 Å². The van der Waals surface area contributed by atoms with Crippen LogP contribution in [0.1, 0.15) is 18.9 Å². The highest BCUT2D eigenvalue weighted by atomic mass is 79.9. The fourth-order valence-corrected chi connectivity index (χ4v) is 1.99. The second kappa shape index (κ2) is 6.12.